The fraction of sp³-hybridized carbons (Fsp3) is 0.200. The number of nitrogen functional groups attached to an aromatic ring is 1. The summed E-state index contributed by atoms with van der Waals surface area (Å²) >= 11 is 0. The van der Waals surface area contributed by atoms with Crippen molar-refractivity contribution >= 4 is 17.3 Å². The lowest BCUT2D eigenvalue weighted by molar-refractivity contribution is 0.102. The van der Waals surface area contributed by atoms with Crippen LogP contribution in [0.15, 0.2) is 30.6 Å². The second kappa shape index (κ2) is 6.13. The van der Waals surface area contributed by atoms with Gasteiger partial charge in [-0.1, -0.05) is 0 Å². The van der Waals surface area contributed by atoms with E-state index >= 15 is 0 Å². The summed E-state index contributed by atoms with van der Waals surface area (Å²) in [6, 6.07) is 5.01. The predicted molar refractivity (Wildman–Crippen MR) is 80.9 cm³/mol. The van der Waals surface area contributed by atoms with Crippen LogP contribution in [0.1, 0.15) is 15.9 Å². The van der Waals surface area contributed by atoms with Crippen LogP contribution in [0.4, 0.5) is 11.4 Å². The summed E-state index contributed by atoms with van der Waals surface area (Å²) in [5.41, 5.74) is 8.04. The molecule has 0 saturated heterocycles. The van der Waals surface area contributed by atoms with Gasteiger partial charge in [-0.2, -0.15) is 0 Å². The van der Waals surface area contributed by atoms with E-state index in [2.05, 4.69) is 10.3 Å². The number of nitrogens with zero attached hydrogens (tertiary/aromatic N) is 1. The van der Waals surface area contributed by atoms with E-state index in [4.69, 9.17) is 15.2 Å². The molecule has 0 aliphatic heterocycles. The number of nitrogens with one attached hydrogen (secondary N) is 1. The third-order valence-electron chi connectivity index (χ3n) is 2.95. The summed E-state index contributed by atoms with van der Waals surface area (Å²) in [6.45, 7) is 1.89. The van der Waals surface area contributed by atoms with E-state index in [9.17, 15) is 4.79 Å². The van der Waals surface area contributed by atoms with E-state index in [1.165, 1.54) is 14.2 Å². The first-order valence-electron chi connectivity index (χ1n) is 6.29. The van der Waals surface area contributed by atoms with Crippen molar-refractivity contribution in [1.29, 1.82) is 0 Å². The fourth-order valence-corrected chi connectivity index (χ4v) is 1.90. The Morgan fingerprint density at radius 1 is 1.19 bits per heavy atom. The van der Waals surface area contributed by atoms with Gasteiger partial charge >= 0.3 is 0 Å². The zero-order valence-corrected chi connectivity index (χ0v) is 12.1. The minimum atomic E-state index is -0.350. The quantitative estimate of drug-likeness (QED) is 0.842. The molecule has 2 aromatic rings. The van der Waals surface area contributed by atoms with Crippen LogP contribution in [-0.2, 0) is 0 Å². The van der Waals surface area contributed by atoms with Gasteiger partial charge in [-0.3, -0.25) is 9.78 Å². The summed E-state index contributed by atoms with van der Waals surface area (Å²) < 4.78 is 10.3. The lowest BCUT2D eigenvalue weighted by Gasteiger charge is -2.13. The van der Waals surface area contributed by atoms with Gasteiger partial charge < -0.3 is 20.5 Å². The van der Waals surface area contributed by atoms with Crippen molar-refractivity contribution in [2.75, 3.05) is 25.3 Å². The Hall–Kier alpha value is -2.76. The van der Waals surface area contributed by atoms with Crippen LogP contribution >= 0.6 is 0 Å². The smallest absolute Gasteiger partial charge is 0.258 e. The van der Waals surface area contributed by atoms with Crippen LogP contribution in [0.5, 0.6) is 11.5 Å². The van der Waals surface area contributed by atoms with Gasteiger partial charge in [0.1, 0.15) is 11.5 Å². The Bertz CT molecular complexity index is 671. The lowest BCUT2D eigenvalue weighted by Crippen LogP contribution is -2.15. The van der Waals surface area contributed by atoms with Crippen molar-refractivity contribution in [1.82, 2.24) is 4.98 Å². The summed E-state index contributed by atoms with van der Waals surface area (Å²) in [6.07, 6.45) is 3.27. The molecule has 3 N–H and O–H groups in total. The number of aromatic nitrogens is 1. The highest BCUT2D eigenvalue weighted by Gasteiger charge is 2.16. The van der Waals surface area contributed by atoms with E-state index < -0.39 is 0 Å². The van der Waals surface area contributed by atoms with E-state index in [0.717, 1.165) is 5.56 Å². The highest BCUT2D eigenvalue weighted by atomic mass is 16.5. The van der Waals surface area contributed by atoms with Crippen molar-refractivity contribution in [2.45, 2.75) is 6.92 Å². The molecule has 0 spiro atoms. The minimum Gasteiger partial charge on any atom is -0.497 e. The Labute approximate surface area is 122 Å². The molecule has 0 saturated carbocycles. The molecule has 0 fully saturated rings. The van der Waals surface area contributed by atoms with E-state index in [-0.39, 0.29) is 17.2 Å². The lowest BCUT2D eigenvalue weighted by atomic mass is 10.1. The van der Waals surface area contributed by atoms with Gasteiger partial charge in [-0.25, -0.2) is 0 Å². The molecule has 0 radical (unpaired) electrons. The van der Waals surface area contributed by atoms with Gasteiger partial charge in [-0.05, 0) is 24.6 Å². The zero-order chi connectivity index (χ0) is 15.4. The van der Waals surface area contributed by atoms with Crippen LogP contribution in [0, 0.1) is 6.92 Å². The molecule has 2 rings (SSSR count). The van der Waals surface area contributed by atoms with Crippen molar-refractivity contribution in [3.05, 3.63) is 41.7 Å². The normalized spacial score (nSPS) is 10.0. The Morgan fingerprint density at radius 3 is 2.57 bits per heavy atom. The summed E-state index contributed by atoms with van der Waals surface area (Å²) in [5, 5.41) is 2.75. The van der Waals surface area contributed by atoms with Crippen LogP contribution in [-0.4, -0.2) is 25.1 Å². The fourth-order valence-electron chi connectivity index (χ4n) is 1.90. The summed E-state index contributed by atoms with van der Waals surface area (Å²) in [5.74, 6) is 0.535. The number of amides is 1. The zero-order valence-electron chi connectivity index (χ0n) is 12.1. The molecule has 0 atom stereocenters. The molecule has 6 heteroatoms. The molecule has 0 unspecified atom stereocenters. The molecule has 0 bridgehead atoms. The number of ether oxygens (including phenoxy) is 2. The summed E-state index contributed by atoms with van der Waals surface area (Å²) in [7, 11) is 2.99. The van der Waals surface area contributed by atoms with E-state index in [1.54, 1.807) is 24.5 Å². The molecule has 21 heavy (non-hydrogen) atoms. The maximum Gasteiger partial charge on any atom is 0.258 e. The van der Waals surface area contributed by atoms with Crippen molar-refractivity contribution in [3.63, 3.8) is 0 Å². The average molecular weight is 287 g/mol. The number of benzene rings is 1. The third kappa shape index (κ3) is 3.22. The molecule has 1 amide bonds. The molecule has 110 valence electrons. The number of rotatable bonds is 4. The third-order valence-corrected chi connectivity index (χ3v) is 2.95. The first-order chi connectivity index (χ1) is 10.0. The van der Waals surface area contributed by atoms with Crippen LogP contribution in [0.25, 0.3) is 0 Å². The van der Waals surface area contributed by atoms with Crippen molar-refractivity contribution < 1.29 is 14.3 Å². The van der Waals surface area contributed by atoms with Crippen LogP contribution in [0.3, 0.4) is 0 Å². The number of hydrogen-bond acceptors (Lipinski definition) is 5. The maximum absolute atomic E-state index is 12.4. The van der Waals surface area contributed by atoms with Gasteiger partial charge in [-0.15, -0.1) is 0 Å². The van der Waals surface area contributed by atoms with Crippen molar-refractivity contribution in [3.8, 4) is 11.5 Å². The number of hydrogen-bond donors (Lipinski definition) is 2. The largest absolute Gasteiger partial charge is 0.497 e. The van der Waals surface area contributed by atoms with Gasteiger partial charge in [0.25, 0.3) is 5.91 Å². The van der Waals surface area contributed by atoms with Crippen molar-refractivity contribution in [2.24, 2.45) is 0 Å². The van der Waals surface area contributed by atoms with Gasteiger partial charge in [0, 0.05) is 12.3 Å². The monoisotopic (exact) mass is 287 g/mol. The van der Waals surface area contributed by atoms with E-state index in [1.807, 2.05) is 13.0 Å². The molecule has 0 aliphatic rings. The molecule has 1 aromatic carbocycles. The van der Waals surface area contributed by atoms with Gasteiger partial charge in [0.05, 0.1) is 37.4 Å². The highest BCUT2D eigenvalue weighted by molar-refractivity contribution is 6.08. The Balaban J connectivity index is 2.34. The first kappa shape index (κ1) is 14.6. The number of pyridine rings is 1. The minimum absolute atomic E-state index is 0.261. The number of anilines is 2. The molecule has 1 aromatic heterocycles. The van der Waals surface area contributed by atoms with Gasteiger partial charge in [0.2, 0.25) is 0 Å². The molecular weight excluding hydrogens is 270 g/mol. The second-order valence-electron chi connectivity index (χ2n) is 4.50. The van der Waals surface area contributed by atoms with Gasteiger partial charge in [0.15, 0.2) is 0 Å². The number of carbonyl (C=O) groups is 1. The van der Waals surface area contributed by atoms with E-state index in [0.29, 0.717) is 17.2 Å². The first-order valence-corrected chi connectivity index (χ1v) is 6.29. The second-order valence-corrected chi connectivity index (χ2v) is 4.50. The summed E-state index contributed by atoms with van der Waals surface area (Å²) in [4.78, 5) is 16.4. The average Bonchev–Trinajstić information content (AvgIpc) is 2.47. The number of methoxy groups -OCH3 is 2. The Morgan fingerprint density at radius 2 is 1.95 bits per heavy atom. The number of aryl methyl sites for hydroxylation is 1. The molecule has 0 aliphatic carbocycles. The van der Waals surface area contributed by atoms with Crippen LogP contribution in [0.2, 0.25) is 0 Å². The standard InChI is InChI=1S/C15H17N3O3/c1-9-4-10(8-17-7-9)18-15(19)12-5-11(20-2)6-13(21-3)14(12)16/h4-8H,16H2,1-3H3,(H,18,19). The Kier molecular flexibility index (Phi) is 4.27. The molecule has 6 nitrogen and oxygen atoms in total. The number of carbonyl (C=O) groups excluding carboxylic acids is 1. The molecule has 1 heterocycles. The molecular formula is C15H17N3O3. The number of nitrogens with two attached hydrogens (primary N) is 1. The highest BCUT2D eigenvalue weighted by Crippen LogP contribution is 2.31. The van der Waals surface area contributed by atoms with Crippen LogP contribution < -0.4 is 20.5 Å². The topological polar surface area (TPSA) is 86.5 Å². The maximum atomic E-state index is 12.4. The SMILES string of the molecule is COc1cc(OC)c(N)c(C(=O)Nc2cncc(C)c2)c1. The predicted octanol–water partition coefficient (Wildman–Crippen LogP) is 2.24.